The Morgan fingerprint density at radius 1 is 0.893 bits per heavy atom. The van der Waals surface area contributed by atoms with Gasteiger partial charge in [-0.15, -0.1) is 5.10 Å². The first-order chi connectivity index (χ1) is 13.7. The van der Waals surface area contributed by atoms with Crippen LogP contribution in [0.25, 0.3) is 28.0 Å². The summed E-state index contributed by atoms with van der Waals surface area (Å²) in [5, 5.41) is 6.05. The molecule has 3 heterocycles. The molecule has 6 nitrogen and oxygen atoms in total. The first-order valence-corrected chi connectivity index (χ1v) is 9.71. The van der Waals surface area contributed by atoms with Gasteiger partial charge in [0.05, 0.1) is 16.8 Å². The Labute approximate surface area is 167 Å². The zero-order valence-electron chi connectivity index (χ0n) is 15.2. The highest BCUT2D eigenvalue weighted by atomic mass is 35.5. The van der Waals surface area contributed by atoms with E-state index in [0.717, 1.165) is 48.3 Å². The average molecular weight is 391 g/mol. The topological polar surface area (TPSA) is 72.9 Å². The normalized spacial score (nSPS) is 14.1. The molecule has 5 rings (SSSR count). The van der Waals surface area contributed by atoms with Crippen LogP contribution in [-0.2, 0) is 0 Å². The molecule has 0 amide bonds. The van der Waals surface area contributed by atoms with Crippen molar-refractivity contribution in [3.8, 4) is 16.9 Å². The maximum absolute atomic E-state index is 6.53. The van der Waals surface area contributed by atoms with Crippen LogP contribution in [-0.4, -0.2) is 32.8 Å². The summed E-state index contributed by atoms with van der Waals surface area (Å²) in [6.07, 6.45) is 2.28. The number of hydrogen-bond donors (Lipinski definition) is 1. The van der Waals surface area contributed by atoms with E-state index in [4.69, 9.17) is 32.4 Å². The van der Waals surface area contributed by atoms with Crippen molar-refractivity contribution in [3.05, 3.63) is 59.6 Å². The molecule has 7 heteroatoms. The first-order valence-electron chi connectivity index (χ1n) is 9.34. The smallest absolute Gasteiger partial charge is 0.228 e. The molecule has 0 unspecified atom stereocenters. The van der Waals surface area contributed by atoms with E-state index >= 15 is 0 Å². The third-order valence-electron chi connectivity index (χ3n) is 5.08. The number of hydrogen-bond acceptors (Lipinski definition) is 5. The van der Waals surface area contributed by atoms with Crippen LogP contribution in [0.5, 0.6) is 0 Å². The van der Waals surface area contributed by atoms with Gasteiger partial charge in [0.25, 0.3) is 0 Å². The minimum absolute atomic E-state index is 0.504. The highest BCUT2D eigenvalue weighted by Crippen LogP contribution is 2.36. The lowest BCUT2D eigenvalue weighted by Crippen LogP contribution is -2.20. The van der Waals surface area contributed by atoms with Crippen LogP contribution in [0.3, 0.4) is 0 Å². The number of anilines is 2. The van der Waals surface area contributed by atoms with Crippen molar-refractivity contribution < 1.29 is 0 Å². The monoisotopic (exact) mass is 390 g/mol. The van der Waals surface area contributed by atoms with Crippen molar-refractivity contribution in [3.63, 3.8) is 0 Å². The molecule has 2 N–H and O–H groups in total. The lowest BCUT2D eigenvalue weighted by Gasteiger charge is -2.16. The third kappa shape index (κ3) is 2.77. The summed E-state index contributed by atoms with van der Waals surface area (Å²) in [5.41, 5.74) is 9.53. The molecular formula is C21H19ClN6. The van der Waals surface area contributed by atoms with Gasteiger partial charge >= 0.3 is 0 Å². The second kappa shape index (κ2) is 6.80. The van der Waals surface area contributed by atoms with Crippen LogP contribution in [0.15, 0.2) is 54.6 Å². The van der Waals surface area contributed by atoms with Gasteiger partial charge in [-0.05, 0) is 31.0 Å². The average Bonchev–Trinajstić information content (AvgIpc) is 3.37. The van der Waals surface area contributed by atoms with Crippen molar-refractivity contribution in [2.24, 2.45) is 0 Å². The van der Waals surface area contributed by atoms with Gasteiger partial charge in [-0.2, -0.15) is 4.98 Å². The van der Waals surface area contributed by atoms with Gasteiger partial charge in [0.2, 0.25) is 5.95 Å². The summed E-state index contributed by atoms with van der Waals surface area (Å²) in [7, 11) is 0. The van der Waals surface area contributed by atoms with Gasteiger partial charge in [-0.25, -0.2) is 9.67 Å². The highest BCUT2D eigenvalue weighted by Gasteiger charge is 2.23. The molecule has 28 heavy (non-hydrogen) atoms. The minimum Gasteiger partial charge on any atom is -0.383 e. The molecule has 1 aliphatic heterocycles. The molecular weight excluding hydrogens is 372 g/mol. The molecule has 4 aromatic rings. The molecule has 1 aliphatic rings. The zero-order valence-corrected chi connectivity index (χ0v) is 16.0. The van der Waals surface area contributed by atoms with Gasteiger partial charge in [-0.1, -0.05) is 48.0 Å². The Morgan fingerprint density at radius 3 is 2.36 bits per heavy atom. The summed E-state index contributed by atoms with van der Waals surface area (Å²) in [6.45, 7) is 1.89. The van der Waals surface area contributed by atoms with Gasteiger partial charge in [-0.3, -0.25) is 0 Å². The van der Waals surface area contributed by atoms with Crippen LogP contribution in [0.4, 0.5) is 11.8 Å². The molecule has 1 saturated heterocycles. The Kier molecular flexibility index (Phi) is 4.13. The first kappa shape index (κ1) is 17.0. The quantitative estimate of drug-likeness (QED) is 0.564. The van der Waals surface area contributed by atoms with Gasteiger partial charge in [0.15, 0.2) is 5.65 Å². The van der Waals surface area contributed by atoms with Crippen molar-refractivity contribution in [2.45, 2.75) is 12.8 Å². The third-order valence-corrected chi connectivity index (χ3v) is 5.41. The summed E-state index contributed by atoms with van der Waals surface area (Å²) in [4.78, 5) is 11.8. The van der Waals surface area contributed by atoms with Gasteiger partial charge < -0.3 is 10.6 Å². The molecule has 140 valence electrons. The predicted molar refractivity (Wildman–Crippen MR) is 113 cm³/mol. The summed E-state index contributed by atoms with van der Waals surface area (Å²) in [6, 6.07) is 17.5. The number of halogens is 1. The number of benzene rings is 2. The van der Waals surface area contributed by atoms with Gasteiger partial charge in [0, 0.05) is 23.7 Å². The van der Waals surface area contributed by atoms with E-state index in [1.165, 1.54) is 0 Å². The number of rotatable bonds is 3. The van der Waals surface area contributed by atoms with Crippen LogP contribution in [0.2, 0.25) is 5.02 Å². The van der Waals surface area contributed by atoms with Crippen molar-refractivity contribution >= 4 is 34.4 Å². The van der Waals surface area contributed by atoms with Crippen LogP contribution in [0.1, 0.15) is 12.8 Å². The predicted octanol–water partition coefficient (Wildman–Crippen LogP) is 4.32. The number of nitrogens with zero attached hydrogens (tertiary/aromatic N) is 5. The fraction of sp³-hybridized carbons (Fsp3) is 0.190. The molecule has 0 spiro atoms. The zero-order chi connectivity index (χ0) is 19.1. The maximum Gasteiger partial charge on any atom is 0.228 e. The number of para-hydroxylation sites is 1. The summed E-state index contributed by atoms with van der Waals surface area (Å²) in [5.74, 6) is 1.18. The van der Waals surface area contributed by atoms with E-state index in [2.05, 4.69) is 4.90 Å². The van der Waals surface area contributed by atoms with Crippen LogP contribution in [0, 0.1) is 0 Å². The highest BCUT2D eigenvalue weighted by molar-refractivity contribution is 6.33. The second-order valence-electron chi connectivity index (χ2n) is 6.88. The lowest BCUT2D eigenvalue weighted by atomic mass is 10.1. The molecule has 0 saturated carbocycles. The minimum atomic E-state index is 0.504. The maximum atomic E-state index is 6.53. The molecule has 0 atom stereocenters. The number of nitrogens with two attached hydrogens (primary N) is 1. The Balaban J connectivity index is 1.80. The molecule has 1 fully saturated rings. The fourth-order valence-electron chi connectivity index (χ4n) is 3.67. The van der Waals surface area contributed by atoms with Crippen LogP contribution < -0.4 is 10.6 Å². The SMILES string of the molecule is Nc1c2c(-c3ccccc3Cl)nc(N3CCCC3)nc2nn1-c1ccccc1. The van der Waals surface area contributed by atoms with Crippen molar-refractivity contribution in [1.29, 1.82) is 0 Å². The Morgan fingerprint density at radius 2 is 1.61 bits per heavy atom. The Hall–Kier alpha value is -3.12. The summed E-state index contributed by atoms with van der Waals surface area (Å²) < 4.78 is 1.72. The largest absolute Gasteiger partial charge is 0.383 e. The standard InChI is InChI=1S/C21H19ClN6/c22-16-11-5-4-10-15(16)18-17-19(23)28(14-8-2-1-3-9-14)26-20(17)25-21(24-18)27-12-6-7-13-27/h1-5,8-11H,6-7,12-13,23H2. The van der Waals surface area contributed by atoms with E-state index in [1.54, 1.807) is 4.68 Å². The van der Waals surface area contributed by atoms with E-state index in [-0.39, 0.29) is 0 Å². The van der Waals surface area contributed by atoms with E-state index in [9.17, 15) is 0 Å². The summed E-state index contributed by atoms with van der Waals surface area (Å²) >= 11 is 6.51. The van der Waals surface area contributed by atoms with Crippen molar-refractivity contribution in [1.82, 2.24) is 19.7 Å². The van der Waals surface area contributed by atoms with Gasteiger partial charge in [0.1, 0.15) is 5.82 Å². The van der Waals surface area contributed by atoms with Crippen molar-refractivity contribution in [2.75, 3.05) is 23.7 Å². The molecule has 0 bridgehead atoms. The number of aromatic nitrogens is 4. The molecule has 2 aromatic carbocycles. The molecule has 0 radical (unpaired) electrons. The van der Waals surface area contributed by atoms with E-state index in [1.807, 2.05) is 54.6 Å². The van der Waals surface area contributed by atoms with E-state index in [0.29, 0.717) is 22.4 Å². The lowest BCUT2D eigenvalue weighted by molar-refractivity contribution is 0.883. The van der Waals surface area contributed by atoms with E-state index < -0.39 is 0 Å². The number of nitrogen functional groups attached to an aromatic ring is 1. The molecule has 2 aromatic heterocycles. The number of fused-ring (bicyclic) bond motifs is 1. The Bertz CT molecular complexity index is 1150. The second-order valence-corrected chi connectivity index (χ2v) is 7.28. The molecule has 0 aliphatic carbocycles. The van der Waals surface area contributed by atoms with Crippen LogP contribution >= 0.6 is 11.6 Å². The fourth-order valence-corrected chi connectivity index (χ4v) is 3.90.